The highest BCUT2D eigenvalue weighted by molar-refractivity contribution is 7.15. The van der Waals surface area contributed by atoms with Crippen LogP contribution in [0.2, 0.25) is 5.02 Å². The van der Waals surface area contributed by atoms with Crippen molar-refractivity contribution in [1.82, 2.24) is 10.3 Å². The Morgan fingerprint density at radius 2 is 2.25 bits per heavy atom. The van der Waals surface area contributed by atoms with E-state index >= 15 is 0 Å². The third kappa shape index (κ3) is 2.76. The minimum atomic E-state index is 0.422. The van der Waals surface area contributed by atoms with Crippen LogP contribution in [0.25, 0.3) is 10.6 Å². The van der Waals surface area contributed by atoms with Crippen LogP contribution < -0.4 is 5.32 Å². The Morgan fingerprint density at radius 1 is 1.40 bits per heavy atom. The summed E-state index contributed by atoms with van der Waals surface area (Å²) in [4.78, 5) is 6.32. The lowest BCUT2D eigenvalue weighted by Gasteiger charge is -2.22. The summed E-state index contributed by atoms with van der Waals surface area (Å²) >= 11 is 8.10. The van der Waals surface area contributed by atoms with E-state index in [0.29, 0.717) is 6.04 Å². The third-order valence-corrected chi connectivity index (χ3v) is 5.19. The van der Waals surface area contributed by atoms with Gasteiger partial charge in [-0.05, 0) is 38.3 Å². The summed E-state index contributed by atoms with van der Waals surface area (Å²) in [6, 6.07) is 8.40. The second-order valence-electron chi connectivity index (χ2n) is 5.21. The molecule has 1 unspecified atom stereocenters. The molecule has 20 heavy (non-hydrogen) atoms. The number of aryl methyl sites for hydroxylation is 1. The molecule has 0 fully saturated rings. The van der Waals surface area contributed by atoms with Gasteiger partial charge in [0, 0.05) is 10.4 Å². The molecule has 1 aliphatic carbocycles. The summed E-state index contributed by atoms with van der Waals surface area (Å²) in [6.45, 7) is 3.26. The quantitative estimate of drug-likeness (QED) is 0.874. The molecule has 0 saturated heterocycles. The van der Waals surface area contributed by atoms with Crippen LogP contribution in [0.5, 0.6) is 0 Å². The molecule has 3 rings (SSSR count). The molecule has 1 aliphatic rings. The fourth-order valence-corrected chi connectivity index (χ4v) is 4.17. The van der Waals surface area contributed by atoms with Crippen LogP contribution in [0.3, 0.4) is 0 Å². The molecule has 2 aromatic rings. The van der Waals surface area contributed by atoms with Gasteiger partial charge in [0.05, 0.1) is 16.8 Å². The van der Waals surface area contributed by atoms with Crippen molar-refractivity contribution in [2.75, 3.05) is 6.54 Å². The maximum Gasteiger partial charge on any atom is 0.125 e. The molecule has 0 radical (unpaired) electrons. The second-order valence-corrected chi connectivity index (χ2v) is 6.70. The summed E-state index contributed by atoms with van der Waals surface area (Å²) in [6.07, 6.45) is 4.76. The second kappa shape index (κ2) is 6.25. The lowest BCUT2D eigenvalue weighted by atomic mass is 9.97. The number of hydrogen-bond donors (Lipinski definition) is 1. The number of hydrogen-bond acceptors (Lipinski definition) is 3. The largest absolute Gasteiger partial charge is 0.309 e. The van der Waals surface area contributed by atoms with E-state index in [2.05, 4.69) is 18.3 Å². The van der Waals surface area contributed by atoms with Gasteiger partial charge in [0.2, 0.25) is 0 Å². The molecule has 2 nitrogen and oxygen atoms in total. The molecule has 1 heterocycles. The summed E-state index contributed by atoms with van der Waals surface area (Å²) in [5.74, 6) is 0. The molecule has 106 valence electrons. The average Bonchev–Trinajstić information content (AvgIpc) is 2.89. The fourth-order valence-electron chi connectivity index (χ4n) is 2.69. The van der Waals surface area contributed by atoms with E-state index in [1.807, 2.05) is 18.2 Å². The lowest BCUT2D eigenvalue weighted by molar-refractivity contribution is 0.454. The van der Waals surface area contributed by atoms with E-state index in [1.54, 1.807) is 11.3 Å². The number of nitrogens with zero attached hydrogens (tertiary/aromatic N) is 1. The Bertz CT molecular complexity index is 594. The standard InChI is InChI=1S/C16H19ClN2S/c1-2-10-18-13-8-5-9-14-15(13)19-16(20-14)11-6-3-4-7-12(11)17/h3-4,6-7,13,18H,2,5,8-10H2,1H3. The number of aromatic nitrogens is 1. The topological polar surface area (TPSA) is 24.9 Å². The van der Waals surface area contributed by atoms with Gasteiger partial charge in [0.25, 0.3) is 0 Å². The van der Waals surface area contributed by atoms with E-state index in [4.69, 9.17) is 16.6 Å². The van der Waals surface area contributed by atoms with Gasteiger partial charge < -0.3 is 5.32 Å². The normalized spacial score (nSPS) is 18.0. The van der Waals surface area contributed by atoms with Crippen LogP contribution in [0.4, 0.5) is 0 Å². The summed E-state index contributed by atoms with van der Waals surface area (Å²) < 4.78 is 0. The van der Waals surface area contributed by atoms with Crippen molar-refractivity contribution in [2.24, 2.45) is 0 Å². The van der Waals surface area contributed by atoms with Crippen molar-refractivity contribution in [1.29, 1.82) is 0 Å². The molecule has 0 saturated carbocycles. The van der Waals surface area contributed by atoms with Crippen LogP contribution in [0.15, 0.2) is 24.3 Å². The molecule has 0 aliphatic heterocycles. The van der Waals surface area contributed by atoms with E-state index < -0.39 is 0 Å². The molecule has 1 aromatic heterocycles. The van der Waals surface area contributed by atoms with E-state index in [9.17, 15) is 0 Å². The Kier molecular flexibility index (Phi) is 4.39. The Labute approximate surface area is 129 Å². The van der Waals surface area contributed by atoms with E-state index in [0.717, 1.165) is 35.0 Å². The van der Waals surface area contributed by atoms with Crippen LogP contribution in [-0.2, 0) is 6.42 Å². The van der Waals surface area contributed by atoms with Crippen molar-refractivity contribution in [3.05, 3.63) is 39.9 Å². The van der Waals surface area contributed by atoms with Crippen molar-refractivity contribution in [3.63, 3.8) is 0 Å². The molecule has 0 spiro atoms. The predicted octanol–water partition coefficient (Wildman–Crippen LogP) is 4.84. The molecule has 0 amide bonds. The van der Waals surface area contributed by atoms with Crippen molar-refractivity contribution in [3.8, 4) is 10.6 Å². The van der Waals surface area contributed by atoms with Crippen LogP contribution >= 0.6 is 22.9 Å². The molecule has 1 aromatic carbocycles. The zero-order chi connectivity index (χ0) is 13.9. The van der Waals surface area contributed by atoms with Gasteiger partial charge in [-0.25, -0.2) is 4.98 Å². The zero-order valence-corrected chi connectivity index (χ0v) is 13.2. The Balaban J connectivity index is 1.93. The van der Waals surface area contributed by atoms with Crippen molar-refractivity contribution >= 4 is 22.9 Å². The summed E-state index contributed by atoms with van der Waals surface area (Å²) in [5.41, 5.74) is 2.31. The number of halogens is 1. The smallest absolute Gasteiger partial charge is 0.125 e. The van der Waals surface area contributed by atoms with Crippen LogP contribution in [0.1, 0.15) is 42.8 Å². The minimum absolute atomic E-state index is 0.422. The first-order valence-electron chi connectivity index (χ1n) is 7.27. The maximum absolute atomic E-state index is 6.29. The zero-order valence-electron chi connectivity index (χ0n) is 11.7. The Hall–Kier alpha value is -0.900. The lowest BCUT2D eigenvalue weighted by Crippen LogP contribution is -2.25. The fraction of sp³-hybridized carbons (Fsp3) is 0.438. The van der Waals surface area contributed by atoms with E-state index in [-0.39, 0.29) is 0 Å². The number of nitrogens with one attached hydrogen (secondary N) is 1. The maximum atomic E-state index is 6.29. The van der Waals surface area contributed by atoms with E-state index in [1.165, 1.54) is 23.4 Å². The highest BCUT2D eigenvalue weighted by atomic mass is 35.5. The SMILES string of the molecule is CCCNC1CCCc2sc(-c3ccccc3Cl)nc21. The first-order valence-corrected chi connectivity index (χ1v) is 8.47. The van der Waals surface area contributed by atoms with Gasteiger partial charge in [-0.1, -0.05) is 36.7 Å². The summed E-state index contributed by atoms with van der Waals surface area (Å²) in [5, 5.41) is 5.47. The first kappa shape index (κ1) is 14.1. The first-order chi connectivity index (χ1) is 9.79. The molecular formula is C16H19ClN2S. The third-order valence-electron chi connectivity index (χ3n) is 3.70. The number of thiazole rings is 1. The van der Waals surface area contributed by atoms with Crippen molar-refractivity contribution < 1.29 is 0 Å². The Morgan fingerprint density at radius 3 is 3.05 bits per heavy atom. The number of rotatable bonds is 4. The highest BCUT2D eigenvalue weighted by Gasteiger charge is 2.24. The predicted molar refractivity (Wildman–Crippen MR) is 86.5 cm³/mol. The minimum Gasteiger partial charge on any atom is -0.309 e. The van der Waals surface area contributed by atoms with Gasteiger partial charge >= 0.3 is 0 Å². The van der Waals surface area contributed by atoms with Gasteiger partial charge in [0.1, 0.15) is 5.01 Å². The molecule has 1 N–H and O–H groups in total. The van der Waals surface area contributed by atoms with Gasteiger partial charge in [-0.2, -0.15) is 0 Å². The number of benzene rings is 1. The van der Waals surface area contributed by atoms with Crippen LogP contribution in [0, 0.1) is 0 Å². The summed E-state index contributed by atoms with van der Waals surface area (Å²) in [7, 11) is 0. The van der Waals surface area contributed by atoms with Crippen molar-refractivity contribution in [2.45, 2.75) is 38.6 Å². The van der Waals surface area contributed by atoms with Gasteiger partial charge in [-0.15, -0.1) is 11.3 Å². The number of fused-ring (bicyclic) bond motifs is 1. The molecule has 1 atom stereocenters. The molecular weight excluding hydrogens is 288 g/mol. The monoisotopic (exact) mass is 306 g/mol. The van der Waals surface area contributed by atoms with Gasteiger partial charge in [-0.3, -0.25) is 0 Å². The highest BCUT2D eigenvalue weighted by Crippen LogP contribution is 2.38. The average molecular weight is 307 g/mol. The van der Waals surface area contributed by atoms with Crippen LogP contribution in [-0.4, -0.2) is 11.5 Å². The molecule has 4 heteroatoms. The van der Waals surface area contributed by atoms with Gasteiger partial charge in [0.15, 0.2) is 0 Å². The molecule has 0 bridgehead atoms.